The molecule has 0 spiro atoms. The molecule has 0 N–H and O–H groups in total. The quantitative estimate of drug-likeness (QED) is 0.635. The van der Waals surface area contributed by atoms with Crippen LogP contribution in [0.15, 0.2) is 18.3 Å². The number of carbonyl (C=O) groups excluding carboxylic acids is 1. The fourth-order valence-corrected chi connectivity index (χ4v) is 0.908. The van der Waals surface area contributed by atoms with Gasteiger partial charge in [-0.25, -0.2) is 9.78 Å². The van der Waals surface area contributed by atoms with Crippen LogP contribution >= 0.6 is 0 Å². The molecule has 4 heteroatoms. The van der Waals surface area contributed by atoms with Crippen LogP contribution in [-0.4, -0.2) is 32.2 Å². The zero-order valence-electron chi connectivity index (χ0n) is 7.94. The van der Waals surface area contributed by atoms with Gasteiger partial charge in [0.1, 0.15) is 5.82 Å². The molecule has 0 aliphatic rings. The van der Waals surface area contributed by atoms with E-state index in [1.165, 1.54) is 7.11 Å². The predicted molar refractivity (Wildman–Crippen MR) is 49.9 cm³/mol. The van der Waals surface area contributed by atoms with Gasteiger partial charge < -0.3 is 9.64 Å². The molecule has 1 heterocycles. The highest BCUT2D eigenvalue weighted by atomic mass is 16.5. The van der Waals surface area contributed by atoms with E-state index in [0.29, 0.717) is 5.56 Å². The minimum atomic E-state index is -0.342. The molecule has 0 saturated heterocycles. The smallest absolute Gasteiger partial charge is 0.338 e. The Balaban J connectivity index is 2.98. The van der Waals surface area contributed by atoms with Crippen LogP contribution in [-0.2, 0) is 4.74 Å². The maximum atomic E-state index is 11.1. The molecular weight excluding hydrogens is 168 g/mol. The minimum absolute atomic E-state index is 0.342. The van der Waals surface area contributed by atoms with Crippen molar-refractivity contribution in [1.82, 2.24) is 4.98 Å². The van der Waals surface area contributed by atoms with Crippen LogP contribution in [0.3, 0.4) is 0 Å². The molecule has 4 nitrogen and oxygen atoms in total. The van der Waals surface area contributed by atoms with Crippen LogP contribution in [0.2, 0.25) is 0 Å². The number of carbonyl (C=O) groups is 1. The standard InChI is InChI=1S/C9H12N2O2/c1-11(2)8-6-7(4-5-10-8)9(12)13-3/h4-6H,1-3H3. The average Bonchev–Trinajstić information content (AvgIpc) is 2.17. The lowest BCUT2D eigenvalue weighted by atomic mass is 10.2. The van der Waals surface area contributed by atoms with Gasteiger partial charge in [-0.2, -0.15) is 0 Å². The normalized spacial score (nSPS) is 9.46. The maximum absolute atomic E-state index is 11.1. The van der Waals surface area contributed by atoms with E-state index in [0.717, 1.165) is 5.82 Å². The van der Waals surface area contributed by atoms with Gasteiger partial charge in [0.25, 0.3) is 0 Å². The molecule has 0 fully saturated rings. The monoisotopic (exact) mass is 180 g/mol. The second kappa shape index (κ2) is 3.89. The van der Waals surface area contributed by atoms with Crippen LogP contribution in [0, 0.1) is 0 Å². The summed E-state index contributed by atoms with van der Waals surface area (Å²) in [5, 5.41) is 0. The van der Waals surface area contributed by atoms with E-state index >= 15 is 0 Å². The van der Waals surface area contributed by atoms with E-state index in [-0.39, 0.29) is 5.97 Å². The topological polar surface area (TPSA) is 42.4 Å². The van der Waals surface area contributed by atoms with Gasteiger partial charge in [-0.05, 0) is 12.1 Å². The van der Waals surface area contributed by atoms with Crippen LogP contribution in [0.1, 0.15) is 10.4 Å². The Labute approximate surface area is 77.1 Å². The SMILES string of the molecule is COC(=O)c1ccnc(N(C)C)c1. The van der Waals surface area contributed by atoms with Crippen molar-refractivity contribution >= 4 is 11.8 Å². The van der Waals surface area contributed by atoms with Gasteiger partial charge in [0.05, 0.1) is 12.7 Å². The van der Waals surface area contributed by atoms with Crippen LogP contribution in [0.5, 0.6) is 0 Å². The number of ether oxygens (including phenoxy) is 1. The molecule has 0 aliphatic heterocycles. The molecule has 1 aromatic heterocycles. The van der Waals surface area contributed by atoms with Crippen molar-refractivity contribution in [2.75, 3.05) is 26.1 Å². The van der Waals surface area contributed by atoms with Gasteiger partial charge in [-0.15, -0.1) is 0 Å². The summed E-state index contributed by atoms with van der Waals surface area (Å²) in [5.41, 5.74) is 0.515. The Morgan fingerprint density at radius 2 is 2.23 bits per heavy atom. The molecule has 0 amide bonds. The van der Waals surface area contributed by atoms with Gasteiger partial charge >= 0.3 is 5.97 Å². The van der Waals surface area contributed by atoms with E-state index in [4.69, 9.17) is 0 Å². The molecular formula is C9H12N2O2. The number of nitrogens with zero attached hydrogens (tertiary/aromatic N) is 2. The first kappa shape index (κ1) is 9.51. The minimum Gasteiger partial charge on any atom is -0.465 e. The predicted octanol–water partition coefficient (Wildman–Crippen LogP) is 0.934. The van der Waals surface area contributed by atoms with Crippen LogP contribution in [0.4, 0.5) is 5.82 Å². The lowest BCUT2D eigenvalue weighted by Crippen LogP contribution is -2.12. The molecule has 0 saturated carbocycles. The number of rotatable bonds is 2. The summed E-state index contributed by atoms with van der Waals surface area (Å²) < 4.78 is 4.59. The Morgan fingerprint density at radius 1 is 1.54 bits per heavy atom. The van der Waals surface area contributed by atoms with Crippen molar-refractivity contribution in [3.8, 4) is 0 Å². The third kappa shape index (κ3) is 2.18. The third-order valence-corrected chi connectivity index (χ3v) is 1.62. The van der Waals surface area contributed by atoms with Crippen molar-refractivity contribution in [3.63, 3.8) is 0 Å². The lowest BCUT2D eigenvalue weighted by Gasteiger charge is -2.11. The number of pyridine rings is 1. The lowest BCUT2D eigenvalue weighted by molar-refractivity contribution is 0.0600. The van der Waals surface area contributed by atoms with Crippen molar-refractivity contribution in [3.05, 3.63) is 23.9 Å². The molecule has 0 aliphatic carbocycles. The summed E-state index contributed by atoms with van der Waals surface area (Å²) in [4.78, 5) is 17.0. The van der Waals surface area contributed by atoms with E-state index in [1.807, 2.05) is 19.0 Å². The molecule has 0 atom stereocenters. The molecule has 0 unspecified atom stereocenters. The zero-order valence-corrected chi connectivity index (χ0v) is 7.94. The number of aromatic nitrogens is 1. The zero-order chi connectivity index (χ0) is 9.84. The van der Waals surface area contributed by atoms with Crippen molar-refractivity contribution < 1.29 is 9.53 Å². The highest BCUT2D eigenvalue weighted by Crippen LogP contribution is 2.09. The number of anilines is 1. The first-order valence-electron chi connectivity index (χ1n) is 3.87. The van der Waals surface area contributed by atoms with Gasteiger partial charge in [0, 0.05) is 20.3 Å². The Kier molecular flexibility index (Phi) is 2.84. The van der Waals surface area contributed by atoms with Crippen molar-refractivity contribution in [2.45, 2.75) is 0 Å². The Hall–Kier alpha value is -1.58. The number of hydrogen-bond donors (Lipinski definition) is 0. The average molecular weight is 180 g/mol. The van der Waals surface area contributed by atoms with Crippen molar-refractivity contribution in [2.24, 2.45) is 0 Å². The fraction of sp³-hybridized carbons (Fsp3) is 0.333. The Bertz CT molecular complexity index is 310. The molecule has 0 aromatic carbocycles. The molecule has 1 rings (SSSR count). The van der Waals surface area contributed by atoms with Crippen molar-refractivity contribution in [1.29, 1.82) is 0 Å². The van der Waals surface area contributed by atoms with E-state index < -0.39 is 0 Å². The molecule has 70 valence electrons. The fourth-order valence-electron chi connectivity index (χ4n) is 0.908. The molecule has 0 bridgehead atoms. The molecule has 1 aromatic rings. The molecule has 13 heavy (non-hydrogen) atoms. The van der Waals surface area contributed by atoms with E-state index in [1.54, 1.807) is 18.3 Å². The number of hydrogen-bond acceptors (Lipinski definition) is 4. The summed E-state index contributed by atoms with van der Waals surface area (Å²) in [5.74, 6) is 0.397. The maximum Gasteiger partial charge on any atom is 0.338 e. The second-order valence-electron chi connectivity index (χ2n) is 2.79. The third-order valence-electron chi connectivity index (χ3n) is 1.62. The second-order valence-corrected chi connectivity index (χ2v) is 2.79. The van der Waals surface area contributed by atoms with E-state index in [9.17, 15) is 4.79 Å². The summed E-state index contributed by atoms with van der Waals surface area (Å²) in [6, 6.07) is 3.31. The highest BCUT2D eigenvalue weighted by Gasteiger charge is 2.06. The van der Waals surface area contributed by atoms with Crippen LogP contribution < -0.4 is 4.90 Å². The summed E-state index contributed by atoms with van der Waals surface area (Å²) in [6.45, 7) is 0. The van der Waals surface area contributed by atoms with Gasteiger partial charge in [0.2, 0.25) is 0 Å². The van der Waals surface area contributed by atoms with Crippen LogP contribution in [0.25, 0.3) is 0 Å². The molecule has 0 radical (unpaired) electrons. The van der Waals surface area contributed by atoms with Gasteiger partial charge in [-0.3, -0.25) is 0 Å². The first-order valence-corrected chi connectivity index (χ1v) is 3.87. The van der Waals surface area contributed by atoms with Gasteiger partial charge in [-0.1, -0.05) is 0 Å². The summed E-state index contributed by atoms with van der Waals surface area (Å²) >= 11 is 0. The summed E-state index contributed by atoms with van der Waals surface area (Å²) in [6.07, 6.45) is 1.58. The largest absolute Gasteiger partial charge is 0.465 e. The first-order chi connectivity index (χ1) is 6.15. The number of methoxy groups -OCH3 is 1. The summed E-state index contributed by atoms with van der Waals surface area (Å²) in [7, 11) is 5.09. The van der Waals surface area contributed by atoms with Gasteiger partial charge in [0.15, 0.2) is 0 Å². The number of esters is 1. The van der Waals surface area contributed by atoms with E-state index in [2.05, 4.69) is 9.72 Å². The Morgan fingerprint density at radius 3 is 2.77 bits per heavy atom. The highest BCUT2D eigenvalue weighted by molar-refractivity contribution is 5.89.